The molecule has 0 unspecified atom stereocenters. The Morgan fingerprint density at radius 1 is 1.14 bits per heavy atom. The van der Waals surface area contributed by atoms with Gasteiger partial charge in [0.25, 0.3) is 0 Å². The molecule has 2 aromatic rings. The molecule has 0 amide bonds. The van der Waals surface area contributed by atoms with Crippen LogP contribution >= 0.6 is 32.9 Å². The highest BCUT2D eigenvalue weighted by atomic mass is 79.9. The lowest BCUT2D eigenvalue weighted by Gasteiger charge is -2.16. The highest BCUT2D eigenvalue weighted by Gasteiger charge is 2.25. The molecule has 1 N–H and O–H groups in total. The van der Waals surface area contributed by atoms with E-state index in [9.17, 15) is 4.79 Å². The van der Waals surface area contributed by atoms with Crippen molar-refractivity contribution >= 4 is 44.5 Å². The second kappa shape index (κ2) is 6.54. The Bertz CT molecular complexity index is 683. The molecule has 0 spiro atoms. The molecule has 2 aromatic carbocycles. The lowest BCUT2D eigenvalue weighted by atomic mass is 10.1. The Morgan fingerprint density at radius 2 is 1.81 bits per heavy atom. The molecule has 3 nitrogen and oxygen atoms in total. The van der Waals surface area contributed by atoms with Gasteiger partial charge in [-0.1, -0.05) is 52.3 Å². The van der Waals surface area contributed by atoms with Crippen LogP contribution in [0.1, 0.15) is 21.5 Å². The molecule has 0 aliphatic carbocycles. The predicted octanol–water partition coefficient (Wildman–Crippen LogP) is 4.05. The highest BCUT2D eigenvalue weighted by molar-refractivity contribution is 9.10. The first-order valence-corrected chi connectivity index (χ1v) is 7.15. The normalized spacial score (nSPS) is 12.8. The van der Waals surface area contributed by atoms with Crippen molar-refractivity contribution in [3.05, 3.63) is 69.7 Å². The molecule has 1 aliphatic rings. The van der Waals surface area contributed by atoms with Crippen molar-refractivity contribution in [1.82, 2.24) is 4.90 Å². The molecule has 0 bridgehead atoms. The third-order valence-electron chi connectivity index (χ3n) is 3.45. The van der Waals surface area contributed by atoms with Crippen LogP contribution in [0.15, 0.2) is 53.0 Å². The van der Waals surface area contributed by atoms with E-state index in [2.05, 4.69) is 15.9 Å². The summed E-state index contributed by atoms with van der Waals surface area (Å²) in [6.45, 7) is 0.881. The summed E-state index contributed by atoms with van der Waals surface area (Å²) in [4.78, 5) is 14.1. The topological polar surface area (TPSA) is 44.2 Å². The SMILES string of the molecule is Br.N=C1c2ccccc2CN1CC(=O)c1ccc(Br)cc1. The van der Waals surface area contributed by atoms with Crippen LogP contribution in [-0.4, -0.2) is 23.1 Å². The molecule has 5 heteroatoms. The van der Waals surface area contributed by atoms with Crippen molar-refractivity contribution < 1.29 is 4.79 Å². The van der Waals surface area contributed by atoms with Crippen molar-refractivity contribution in [2.24, 2.45) is 0 Å². The number of halogens is 2. The van der Waals surface area contributed by atoms with Crippen molar-refractivity contribution in [3.8, 4) is 0 Å². The van der Waals surface area contributed by atoms with E-state index < -0.39 is 0 Å². The molecule has 0 aromatic heterocycles. The van der Waals surface area contributed by atoms with Gasteiger partial charge in [0.15, 0.2) is 5.78 Å². The summed E-state index contributed by atoms with van der Waals surface area (Å²) in [5, 5.41) is 8.14. The first kappa shape index (κ1) is 15.9. The number of ketones is 1. The first-order valence-electron chi connectivity index (χ1n) is 6.35. The fraction of sp³-hybridized carbons (Fsp3) is 0.125. The van der Waals surface area contributed by atoms with Gasteiger partial charge in [-0.3, -0.25) is 10.2 Å². The largest absolute Gasteiger partial charge is 0.345 e. The Kier molecular flexibility index (Phi) is 4.96. The number of carbonyl (C=O) groups excluding carboxylic acids is 1. The molecular weight excluding hydrogens is 396 g/mol. The maximum Gasteiger partial charge on any atom is 0.182 e. The number of hydrogen-bond acceptors (Lipinski definition) is 2. The zero-order valence-electron chi connectivity index (χ0n) is 11.2. The average molecular weight is 410 g/mol. The summed E-state index contributed by atoms with van der Waals surface area (Å²) < 4.78 is 0.954. The minimum absolute atomic E-state index is 0. The molecular formula is C16H14Br2N2O. The van der Waals surface area contributed by atoms with Crippen molar-refractivity contribution in [2.45, 2.75) is 6.54 Å². The van der Waals surface area contributed by atoms with Crippen molar-refractivity contribution in [2.75, 3.05) is 6.54 Å². The van der Waals surface area contributed by atoms with Crippen LogP contribution < -0.4 is 0 Å². The molecule has 0 saturated heterocycles. The molecule has 0 atom stereocenters. The maximum absolute atomic E-state index is 12.3. The second-order valence-corrected chi connectivity index (χ2v) is 5.71. The number of fused-ring (bicyclic) bond motifs is 1. The van der Waals surface area contributed by atoms with E-state index in [4.69, 9.17) is 5.41 Å². The minimum Gasteiger partial charge on any atom is -0.345 e. The van der Waals surface area contributed by atoms with Crippen LogP contribution in [0, 0.1) is 5.41 Å². The summed E-state index contributed by atoms with van der Waals surface area (Å²) in [6.07, 6.45) is 0. The zero-order valence-corrected chi connectivity index (χ0v) is 14.5. The summed E-state index contributed by atoms with van der Waals surface area (Å²) in [5.41, 5.74) is 2.72. The van der Waals surface area contributed by atoms with E-state index >= 15 is 0 Å². The Labute approximate surface area is 142 Å². The van der Waals surface area contributed by atoms with Gasteiger partial charge in [-0.05, 0) is 17.7 Å². The molecule has 21 heavy (non-hydrogen) atoms. The van der Waals surface area contributed by atoms with Crippen LogP contribution in [0.5, 0.6) is 0 Å². The van der Waals surface area contributed by atoms with Crippen molar-refractivity contribution in [1.29, 1.82) is 5.41 Å². The quantitative estimate of drug-likeness (QED) is 0.777. The van der Waals surface area contributed by atoms with Gasteiger partial charge < -0.3 is 4.90 Å². The smallest absolute Gasteiger partial charge is 0.182 e. The van der Waals surface area contributed by atoms with Gasteiger partial charge in [0.05, 0.1) is 6.54 Å². The second-order valence-electron chi connectivity index (χ2n) is 4.79. The van der Waals surface area contributed by atoms with Crippen LogP contribution in [0.3, 0.4) is 0 Å². The first-order chi connectivity index (χ1) is 9.65. The van der Waals surface area contributed by atoms with Crippen LogP contribution in [0.25, 0.3) is 0 Å². The van der Waals surface area contributed by atoms with Crippen LogP contribution in [0.2, 0.25) is 0 Å². The molecule has 0 radical (unpaired) electrons. The Balaban J connectivity index is 0.00000161. The van der Waals surface area contributed by atoms with Gasteiger partial charge in [-0.15, -0.1) is 17.0 Å². The van der Waals surface area contributed by atoms with Crippen LogP contribution in [0.4, 0.5) is 0 Å². The van der Waals surface area contributed by atoms with Gasteiger partial charge in [-0.2, -0.15) is 0 Å². The monoisotopic (exact) mass is 408 g/mol. The lowest BCUT2D eigenvalue weighted by Crippen LogP contribution is -2.30. The summed E-state index contributed by atoms with van der Waals surface area (Å²) in [6, 6.07) is 15.2. The van der Waals surface area contributed by atoms with Crippen LogP contribution in [-0.2, 0) is 6.54 Å². The number of benzene rings is 2. The molecule has 1 heterocycles. The molecule has 108 valence electrons. The maximum atomic E-state index is 12.3. The Hall–Kier alpha value is -1.46. The van der Waals surface area contributed by atoms with Gasteiger partial charge in [-0.25, -0.2) is 0 Å². The third-order valence-corrected chi connectivity index (χ3v) is 3.98. The van der Waals surface area contributed by atoms with E-state index in [1.165, 1.54) is 0 Å². The molecule has 1 aliphatic heterocycles. The van der Waals surface area contributed by atoms with Gasteiger partial charge in [0.1, 0.15) is 5.84 Å². The molecule has 0 fully saturated rings. The van der Waals surface area contributed by atoms with E-state index in [-0.39, 0.29) is 29.3 Å². The fourth-order valence-electron chi connectivity index (χ4n) is 2.38. The third kappa shape index (κ3) is 3.24. The summed E-state index contributed by atoms with van der Waals surface area (Å²) >= 11 is 3.36. The van der Waals surface area contributed by atoms with E-state index in [0.29, 0.717) is 17.9 Å². The Morgan fingerprint density at radius 3 is 2.48 bits per heavy atom. The average Bonchev–Trinajstić information content (AvgIpc) is 2.77. The highest BCUT2D eigenvalue weighted by Crippen LogP contribution is 2.22. The number of Topliss-reactive ketones (excluding diaryl/α,β-unsaturated/α-hetero) is 1. The lowest BCUT2D eigenvalue weighted by molar-refractivity contribution is 0.0962. The van der Waals surface area contributed by atoms with Gasteiger partial charge in [0, 0.05) is 22.1 Å². The van der Waals surface area contributed by atoms with E-state index in [1.807, 2.05) is 41.3 Å². The summed E-state index contributed by atoms with van der Waals surface area (Å²) in [7, 11) is 0. The number of rotatable bonds is 3. The number of amidine groups is 1. The molecule has 0 saturated carbocycles. The number of hydrogen-bond donors (Lipinski definition) is 1. The van der Waals surface area contributed by atoms with E-state index in [0.717, 1.165) is 15.6 Å². The van der Waals surface area contributed by atoms with Crippen molar-refractivity contribution in [3.63, 3.8) is 0 Å². The minimum atomic E-state index is 0. The number of nitrogens with zero attached hydrogens (tertiary/aromatic N) is 1. The number of nitrogens with one attached hydrogen (secondary N) is 1. The standard InChI is InChI=1S/C16H13BrN2O.BrH/c17-13-7-5-11(6-8-13)15(20)10-19-9-12-3-1-2-4-14(12)16(19)18;/h1-8,18H,9-10H2;1H. The fourth-order valence-corrected chi connectivity index (χ4v) is 2.64. The van der Waals surface area contributed by atoms with Gasteiger partial charge in [0.2, 0.25) is 0 Å². The number of carbonyl (C=O) groups is 1. The van der Waals surface area contributed by atoms with Gasteiger partial charge >= 0.3 is 0 Å². The summed E-state index contributed by atoms with van der Waals surface area (Å²) in [5.74, 6) is 0.473. The zero-order chi connectivity index (χ0) is 14.1. The molecule has 3 rings (SSSR count). The predicted molar refractivity (Wildman–Crippen MR) is 92.5 cm³/mol. The van der Waals surface area contributed by atoms with E-state index in [1.54, 1.807) is 12.1 Å².